The summed E-state index contributed by atoms with van der Waals surface area (Å²) in [5, 5.41) is 9.41. The van der Waals surface area contributed by atoms with E-state index in [1.165, 1.54) is 12.8 Å². The van der Waals surface area contributed by atoms with E-state index in [0.29, 0.717) is 0 Å². The molecule has 0 heterocycles. The molecule has 0 spiro atoms. The van der Waals surface area contributed by atoms with Gasteiger partial charge in [-0.3, -0.25) is 0 Å². The minimum absolute atomic E-state index is 0.337. The summed E-state index contributed by atoms with van der Waals surface area (Å²) in [6, 6.07) is 8.99. The Morgan fingerprint density at radius 2 is 1.60 bits per heavy atom. The molecule has 1 rings (SSSR count). The third-order valence-electron chi connectivity index (χ3n) is 2.52. The Morgan fingerprint density at radius 3 is 2.16 bits per heavy atom. The maximum absolute atomic E-state index is 12.8. The van der Waals surface area contributed by atoms with Crippen LogP contribution in [0.1, 0.15) is 12.5 Å². The SMILES string of the molecule is CCOC(=O)[C@](O)(C#CC#CC#CC#Cc1ccccc1)C(F)(F)F. The number of rotatable bonds is 2. The fourth-order valence-corrected chi connectivity index (χ4v) is 1.34. The predicted octanol–water partition coefficient (Wildman–Crippen LogP) is 1.90. The molecule has 6 heteroatoms. The quantitative estimate of drug-likeness (QED) is 0.659. The van der Waals surface area contributed by atoms with Gasteiger partial charge in [0, 0.05) is 5.56 Å². The molecule has 0 unspecified atom stereocenters. The molecule has 0 aliphatic carbocycles. The normalized spacial score (nSPS) is 11.6. The third kappa shape index (κ3) is 6.00. The lowest BCUT2D eigenvalue weighted by Gasteiger charge is -2.22. The van der Waals surface area contributed by atoms with Crippen molar-refractivity contribution in [3.63, 3.8) is 0 Å². The van der Waals surface area contributed by atoms with Gasteiger partial charge in [-0.2, -0.15) is 13.2 Å². The van der Waals surface area contributed by atoms with Crippen molar-refractivity contribution in [2.24, 2.45) is 0 Å². The van der Waals surface area contributed by atoms with E-state index in [1.54, 1.807) is 30.2 Å². The van der Waals surface area contributed by atoms with E-state index < -0.39 is 17.7 Å². The maximum atomic E-state index is 12.8. The average Bonchev–Trinajstić information content (AvgIpc) is 2.57. The van der Waals surface area contributed by atoms with E-state index >= 15 is 0 Å². The Balaban J connectivity index is 2.85. The van der Waals surface area contributed by atoms with E-state index in [2.05, 4.69) is 34.3 Å². The number of hydrogen-bond donors (Lipinski definition) is 1. The predicted molar refractivity (Wildman–Crippen MR) is 84.3 cm³/mol. The average molecular weight is 344 g/mol. The number of esters is 1. The molecule has 1 aromatic rings. The molecule has 0 radical (unpaired) electrons. The number of carbonyl (C=O) groups excluding carboxylic acids is 1. The minimum Gasteiger partial charge on any atom is -0.463 e. The fraction of sp³-hybridized carbons (Fsp3) is 0.211. The van der Waals surface area contributed by atoms with Gasteiger partial charge in [0.1, 0.15) is 0 Å². The first kappa shape index (κ1) is 19.7. The van der Waals surface area contributed by atoms with Gasteiger partial charge in [-0.25, -0.2) is 4.79 Å². The topological polar surface area (TPSA) is 46.5 Å². The Hall–Kier alpha value is -3.32. The summed E-state index contributed by atoms with van der Waals surface area (Å²) < 4.78 is 42.5. The Bertz CT molecular complexity index is 857. The molecular formula is C19H11F3O3. The monoisotopic (exact) mass is 344 g/mol. The van der Waals surface area contributed by atoms with Gasteiger partial charge in [-0.15, -0.1) is 0 Å². The van der Waals surface area contributed by atoms with Crippen LogP contribution in [0.15, 0.2) is 30.3 Å². The van der Waals surface area contributed by atoms with Gasteiger partial charge < -0.3 is 9.84 Å². The number of aliphatic hydroxyl groups is 1. The van der Waals surface area contributed by atoms with E-state index in [9.17, 15) is 23.1 Å². The molecule has 0 aromatic heterocycles. The smallest absolute Gasteiger partial charge is 0.440 e. The van der Waals surface area contributed by atoms with Crippen molar-refractivity contribution in [2.45, 2.75) is 18.7 Å². The Morgan fingerprint density at radius 1 is 1.04 bits per heavy atom. The summed E-state index contributed by atoms with van der Waals surface area (Å²) in [6.45, 7) is 0.962. The van der Waals surface area contributed by atoms with Crippen LogP contribution in [-0.4, -0.2) is 29.5 Å². The molecule has 0 aliphatic heterocycles. The van der Waals surface area contributed by atoms with Crippen LogP contribution in [-0.2, 0) is 9.53 Å². The van der Waals surface area contributed by atoms with Crippen LogP contribution in [0.3, 0.4) is 0 Å². The highest BCUT2D eigenvalue weighted by atomic mass is 19.4. The molecule has 1 N–H and O–H groups in total. The summed E-state index contributed by atoms with van der Waals surface area (Å²) >= 11 is 0. The first-order valence-corrected chi connectivity index (χ1v) is 6.86. The van der Waals surface area contributed by atoms with Crippen molar-refractivity contribution >= 4 is 5.97 Å². The van der Waals surface area contributed by atoms with Crippen molar-refractivity contribution in [1.82, 2.24) is 0 Å². The van der Waals surface area contributed by atoms with Crippen LogP contribution in [0.4, 0.5) is 13.2 Å². The van der Waals surface area contributed by atoms with E-state index in [-0.39, 0.29) is 6.61 Å². The molecule has 1 atom stereocenters. The standard InChI is InChI=1S/C19H11F3O3/c1-2-25-17(23)18(24,19(20,21)22)15-11-6-4-3-5-8-12-16-13-9-7-10-14-16/h7,9-10,13-14,24H,2H2,1H3/t18-/m1/s1. The number of hydrogen-bond acceptors (Lipinski definition) is 3. The van der Waals surface area contributed by atoms with Crippen molar-refractivity contribution in [3.05, 3.63) is 35.9 Å². The van der Waals surface area contributed by atoms with Gasteiger partial charge in [0.25, 0.3) is 0 Å². The van der Waals surface area contributed by atoms with Crippen LogP contribution < -0.4 is 0 Å². The van der Waals surface area contributed by atoms with Gasteiger partial charge in [-0.05, 0) is 60.5 Å². The van der Waals surface area contributed by atoms with Crippen molar-refractivity contribution in [2.75, 3.05) is 6.61 Å². The Labute approximate surface area is 143 Å². The lowest BCUT2D eigenvalue weighted by molar-refractivity contribution is -0.242. The molecular weight excluding hydrogens is 333 g/mol. The van der Waals surface area contributed by atoms with Crippen molar-refractivity contribution < 1.29 is 27.8 Å². The van der Waals surface area contributed by atoms with E-state index in [0.717, 1.165) is 5.56 Å². The van der Waals surface area contributed by atoms with E-state index in [1.807, 2.05) is 12.0 Å². The van der Waals surface area contributed by atoms with Gasteiger partial charge in [0.15, 0.2) is 0 Å². The van der Waals surface area contributed by atoms with Crippen LogP contribution in [0.2, 0.25) is 0 Å². The summed E-state index contributed by atoms with van der Waals surface area (Å²) in [5.74, 6) is 15.2. The molecule has 0 fully saturated rings. The summed E-state index contributed by atoms with van der Waals surface area (Å²) in [6.07, 6.45) is -5.32. The lowest BCUT2D eigenvalue weighted by atomic mass is 10.1. The van der Waals surface area contributed by atoms with Crippen LogP contribution in [0.25, 0.3) is 0 Å². The number of carbonyl (C=O) groups is 1. The second-order valence-corrected chi connectivity index (χ2v) is 4.29. The summed E-state index contributed by atoms with van der Waals surface area (Å²) in [4.78, 5) is 11.3. The van der Waals surface area contributed by atoms with Crippen LogP contribution in [0, 0.1) is 47.4 Å². The number of benzene rings is 1. The highest BCUT2D eigenvalue weighted by Crippen LogP contribution is 2.31. The third-order valence-corrected chi connectivity index (χ3v) is 2.52. The zero-order chi connectivity index (χ0) is 18.8. The molecule has 126 valence electrons. The van der Waals surface area contributed by atoms with Gasteiger partial charge >= 0.3 is 17.7 Å². The zero-order valence-electron chi connectivity index (χ0n) is 13.0. The van der Waals surface area contributed by atoms with Crippen LogP contribution in [0.5, 0.6) is 0 Å². The summed E-state index contributed by atoms with van der Waals surface area (Å²) in [7, 11) is 0. The highest BCUT2D eigenvalue weighted by molar-refractivity contribution is 5.84. The molecule has 0 saturated heterocycles. The molecule has 0 aliphatic rings. The van der Waals surface area contributed by atoms with Gasteiger partial charge in [0.05, 0.1) is 6.61 Å². The Kier molecular flexibility index (Phi) is 7.17. The molecule has 1 aromatic carbocycles. The highest BCUT2D eigenvalue weighted by Gasteiger charge is 2.60. The van der Waals surface area contributed by atoms with Crippen molar-refractivity contribution in [3.8, 4) is 47.4 Å². The zero-order valence-corrected chi connectivity index (χ0v) is 13.0. The lowest BCUT2D eigenvalue weighted by Crippen LogP contribution is -2.51. The van der Waals surface area contributed by atoms with E-state index in [4.69, 9.17) is 0 Å². The largest absolute Gasteiger partial charge is 0.463 e. The molecule has 0 saturated carbocycles. The maximum Gasteiger partial charge on any atom is 0.440 e. The first-order valence-electron chi connectivity index (χ1n) is 6.86. The fourth-order valence-electron chi connectivity index (χ4n) is 1.34. The molecule has 0 amide bonds. The number of ether oxygens (including phenoxy) is 1. The molecule has 25 heavy (non-hydrogen) atoms. The number of halogens is 3. The van der Waals surface area contributed by atoms with Crippen molar-refractivity contribution in [1.29, 1.82) is 0 Å². The molecule has 3 nitrogen and oxygen atoms in total. The van der Waals surface area contributed by atoms with Crippen LogP contribution >= 0.6 is 0 Å². The second kappa shape index (κ2) is 9.09. The second-order valence-electron chi connectivity index (χ2n) is 4.29. The molecule has 0 bridgehead atoms. The number of alkyl halides is 3. The minimum atomic E-state index is -5.32. The first-order chi connectivity index (χ1) is 11.8. The van der Waals surface area contributed by atoms with Gasteiger partial charge in [-0.1, -0.05) is 24.1 Å². The summed E-state index contributed by atoms with van der Waals surface area (Å²) in [5.41, 5.74) is -3.19. The van der Waals surface area contributed by atoms with Gasteiger partial charge in [0.2, 0.25) is 0 Å².